The number of fused-ring (bicyclic) bond motifs is 1. The number of hydrogen-bond acceptors (Lipinski definition) is 4. The molecular weight excluding hydrogens is 374 g/mol. The highest BCUT2D eigenvalue weighted by Crippen LogP contribution is 2.25. The Labute approximate surface area is 180 Å². The molecule has 2 atom stereocenters. The van der Waals surface area contributed by atoms with E-state index < -0.39 is 0 Å². The minimum Gasteiger partial charge on any atom is -0.468 e. The molecule has 0 bridgehead atoms. The first-order chi connectivity index (χ1) is 14.7. The molecular formula is C24H35N5O. The van der Waals surface area contributed by atoms with E-state index in [-0.39, 0.29) is 6.04 Å². The van der Waals surface area contributed by atoms with Gasteiger partial charge < -0.3 is 15.1 Å². The molecule has 6 nitrogen and oxygen atoms in total. The van der Waals surface area contributed by atoms with E-state index in [0.717, 1.165) is 57.4 Å². The summed E-state index contributed by atoms with van der Waals surface area (Å²) in [5.74, 6) is 1.88. The minimum atomic E-state index is 0.247. The van der Waals surface area contributed by atoms with Crippen molar-refractivity contribution in [2.45, 2.75) is 44.8 Å². The van der Waals surface area contributed by atoms with Gasteiger partial charge in [0.1, 0.15) is 5.76 Å². The van der Waals surface area contributed by atoms with E-state index in [1.54, 1.807) is 6.26 Å². The van der Waals surface area contributed by atoms with Gasteiger partial charge in [-0.15, -0.1) is 0 Å². The van der Waals surface area contributed by atoms with E-state index in [9.17, 15) is 0 Å². The van der Waals surface area contributed by atoms with Gasteiger partial charge in [0, 0.05) is 39.3 Å². The molecule has 0 aliphatic carbocycles. The van der Waals surface area contributed by atoms with Gasteiger partial charge in [-0.3, -0.25) is 14.8 Å². The number of guanidine groups is 1. The zero-order chi connectivity index (χ0) is 20.8. The van der Waals surface area contributed by atoms with Crippen molar-refractivity contribution in [3.8, 4) is 0 Å². The Morgan fingerprint density at radius 3 is 2.50 bits per heavy atom. The van der Waals surface area contributed by atoms with Crippen molar-refractivity contribution in [3.63, 3.8) is 0 Å². The Morgan fingerprint density at radius 1 is 1.00 bits per heavy atom. The van der Waals surface area contributed by atoms with Gasteiger partial charge in [-0.05, 0) is 62.5 Å². The fourth-order valence-corrected chi connectivity index (χ4v) is 4.62. The number of aliphatic imine (C=N–C) groups is 1. The Balaban J connectivity index is 1.28. The van der Waals surface area contributed by atoms with E-state index in [0.29, 0.717) is 6.04 Å². The molecule has 4 rings (SSSR count). The van der Waals surface area contributed by atoms with Crippen LogP contribution in [0.4, 0.5) is 0 Å². The second-order valence-electron chi connectivity index (χ2n) is 8.45. The second kappa shape index (κ2) is 10.1. The molecule has 1 saturated heterocycles. The summed E-state index contributed by atoms with van der Waals surface area (Å²) in [7, 11) is 1.84. The number of nitrogens with zero attached hydrogens (tertiary/aromatic N) is 3. The molecule has 0 saturated carbocycles. The lowest BCUT2D eigenvalue weighted by Gasteiger charge is -2.34. The molecule has 0 radical (unpaired) electrons. The highest BCUT2D eigenvalue weighted by molar-refractivity contribution is 5.79. The van der Waals surface area contributed by atoms with Crippen LogP contribution in [0.1, 0.15) is 42.7 Å². The first-order valence-electron chi connectivity index (χ1n) is 11.3. The van der Waals surface area contributed by atoms with E-state index in [1.807, 2.05) is 13.1 Å². The minimum absolute atomic E-state index is 0.247. The zero-order valence-corrected chi connectivity index (χ0v) is 18.3. The van der Waals surface area contributed by atoms with Gasteiger partial charge in [0.05, 0.1) is 12.3 Å². The van der Waals surface area contributed by atoms with Crippen LogP contribution in [-0.4, -0.2) is 61.6 Å². The lowest BCUT2D eigenvalue weighted by molar-refractivity contribution is 0.191. The molecule has 2 unspecified atom stereocenters. The van der Waals surface area contributed by atoms with E-state index in [1.165, 1.54) is 24.0 Å². The van der Waals surface area contributed by atoms with Crippen molar-refractivity contribution in [1.29, 1.82) is 0 Å². The Morgan fingerprint density at radius 2 is 1.77 bits per heavy atom. The standard InChI is InChI=1S/C24H35N5O/c1-19(29-14-11-20-8-3-4-9-21(20)18-29)16-26-24(25-2)27-17-22(23-10-7-15-30-23)28-12-5-6-13-28/h3-4,7-10,15,19,22H,5-6,11-14,16-18H2,1-2H3,(H2,25,26,27). The first-order valence-corrected chi connectivity index (χ1v) is 11.3. The Hall–Kier alpha value is -2.31. The van der Waals surface area contributed by atoms with E-state index >= 15 is 0 Å². The highest BCUT2D eigenvalue weighted by atomic mass is 16.3. The van der Waals surface area contributed by atoms with Crippen LogP contribution in [0.3, 0.4) is 0 Å². The SMILES string of the molecule is CN=C(NCC(C)N1CCc2ccccc2C1)NCC(c1ccco1)N1CCCC1. The monoisotopic (exact) mass is 409 g/mol. The molecule has 2 aliphatic rings. The molecule has 162 valence electrons. The number of nitrogens with one attached hydrogen (secondary N) is 2. The predicted octanol–water partition coefficient (Wildman–Crippen LogP) is 3.03. The summed E-state index contributed by atoms with van der Waals surface area (Å²) in [6.45, 7) is 8.36. The molecule has 1 aromatic carbocycles. The third-order valence-corrected chi connectivity index (χ3v) is 6.49. The lowest BCUT2D eigenvalue weighted by atomic mass is 9.99. The molecule has 1 fully saturated rings. The first kappa shape index (κ1) is 20.9. The topological polar surface area (TPSA) is 56.0 Å². The smallest absolute Gasteiger partial charge is 0.191 e. The molecule has 1 aromatic heterocycles. The van der Waals surface area contributed by atoms with Crippen molar-refractivity contribution < 1.29 is 4.42 Å². The number of likely N-dealkylation sites (tertiary alicyclic amines) is 1. The average molecular weight is 410 g/mol. The summed E-state index contributed by atoms with van der Waals surface area (Å²) in [5, 5.41) is 7.06. The van der Waals surface area contributed by atoms with Crippen molar-refractivity contribution in [2.75, 3.05) is 39.8 Å². The molecule has 30 heavy (non-hydrogen) atoms. The van der Waals surface area contributed by atoms with Crippen molar-refractivity contribution in [3.05, 3.63) is 59.5 Å². The van der Waals surface area contributed by atoms with Crippen LogP contribution in [0, 0.1) is 0 Å². The molecule has 2 aromatic rings. The van der Waals surface area contributed by atoms with Gasteiger partial charge in [-0.25, -0.2) is 0 Å². The fraction of sp³-hybridized carbons (Fsp3) is 0.542. The maximum absolute atomic E-state index is 5.73. The summed E-state index contributed by atoms with van der Waals surface area (Å²) in [5.41, 5.74) is 2.96. The van der Waals surface area contributed by atoms with Crippen LogP contribution in [0.5, 0.6) is 0 Å². The van der Waals surface area contributed by atoms with Crippen molar-refractivity contribution in [2.24, 2.45) is 4.99 Å². The number of furan rings is 1. The van der Waals surface area contributed by atoms with E-state index in [4.69, 9.17) is 4.42 Å². The third-order valence-electron chi connectivity index (χ3n) is 6.49. The summed E-state index contributed by atoms with van der Waals surface area (Å²) in [6.07, 6.45) is 5.43. The van der Waals surface area contributed by atoms with Crippen LogP contribution < -0.4 is 10.6 Å². The molecule has 0 amide bonds. The van der Waals surface area contributed by atoms with Gasteiger partial charge >= 0.3 is 0 Å². The van der Waals surface area contributed by atoms with Gasteiger partial charge in [-0.2, -0.15) is 0 Å². The summed E-state index contributed by atoms with van der Waals surface area (Å²) >= 11 is 0. The Bertz CT molecular complexity index is 813. The second-order valence-corrected chi connectivity index (χ2v) is 8.45. The van der Waals surface area contributed by atoms with Crippen molar-refractivity contribution >= 4 is 5.96 Å². The third kappa shape index (κ3) is 5.05. The maximum Gasteiger partial charge on any atom is 0.191 e. The molecule has 2 N–H and O–H groups in total. The van der Waals surface area contributed by atoms with Gasteiger partial charge in [0.15, 0.2) is 5.96 Å². The zero-order valence-electron chi connectivity index (χ0n) is 18.3. The normalized spacial score (nSPS) is 20.0. The Kier molecular flexibility index (Phi) is 7.07. The molecule has 6 heteroatoms. The number of hydrogen-bond donors (Lipinski definition) is 2. The molecule has 2 aliphatic heterocycles. The lowest BCUT2D eigenvalue weighted by Crippen LogP contribution is -2.48. The van der Waals surface area contributed by atoms with Crippen molar-refractivity contribution in [1.82, 2.24) is 20.4 Å². The highest BCUT2D eigenvalue weighted by Gasteiger charge is 2.26. The fourth-order valence-electron chi connectivity index (χ4n) is 4.62. The predicted molar refractivity (Wildman–Crippen MR) is 122 cm³/mol. The van der Waals surface area contributed by atoms with Gasteiger partial charge in [0.25, 0.3) is 0 Å². The van der Waals surface area contributed by atoms with Gasteiger partial charge in [-0.1, -0.05) is 24.3 Å². The van der Waals surface area contributed by atoms with Crippen LogP contribution in [0.2, 0.25) is 0 Å². The average Bonchev–Trinajstić information content (AvgIpc) is 3.50. The molecule has 0 spiro atoms. The van der Waals surface area contributed by atoms with E-state index in [2.05, 4.69) is 62.7 Å². The van der Waals surface area contributed by atoms with Crippen LogP contribution in [0.25, 0.3) is 0 Å². The maximum atomic E-state index is 5.73. The van der Waals surface area contributed by atoms with Gasteiger partial charge in [0.2, 0.25) is 0 Å². The van der Waals surface area contributed by atoms with Crippen LogP contribution >= 0.6 is 0 Å². The quantitative estimate of drug-likeness (QED) is 0.544. The number of rotatable bonds is 7. The summed E-state index contributed by atoms with van der Waals surface area (Å²) in [6, 6.07) is 13.6. The van der Waals surface area contributed by atoms with Crippen LogP contribution in [-0.2, 0) is 13.0 Å². The number of benzene rings is 1. The molecule has 3 heterocycles. The van der Waals surface area contributed by atoms with Crippen LogP contribution in [0.15, 0.2) is 52.1 Å². The summed E-state index contributed by atoms with van der Waals surface area (Å²) < 4.78 is 5.73. The largest absolute Gasteiger partial charge is 0.468 e. The summed E-state index contributed by atoms with van der Waals surface area (Å²) in [4.78, 5) is 9.51.